The average molecular weight is 363 g/mol. The molecule has 5 rings (SSSR count). The lowest BCUT2D eigenvalue weighted by atomic mass is 9.77. The van der Waals surface area contributed by atoms with Crippen LogP contribution in [0.3, 0.4) is 0 Å². The van der Waals surface area contributed by atoms with Gasteiger partial charge in [0, 0.05) is 50.8 Å². The van der Waals surface area contributed by atoms with Gasteiger partial charge in [0.15, 0.2) is 0 Å². The molecule has 1 aromatic carbocycles. The van der Waals surface area contributed by atoms with Crippen molar-refractivity contribution < 1.29 is 9.59 Å². The molecule has 27 heavy (non-hydrogen) atoms. The molecule has 0 radical (unpaired) electrons. The predicted molar refractivity (Wildman–Crippen MR) is 100 cm³/mol. The second-order valence-electron chi connectivity index (χ2n) is 7.64. The van der Waals surface area contributed by atoms with E-state index in [-0.39, 0.29) is 17.4 Å². The SMILES string of the molecule is Cn1cc(C(=O)N2CCC23CN(C(=O)c2cc4ccccc4n2C)C3)cn1. The molecule has 1 spiro atoms. The Balaban J connectivity index is 1.33. The number of likely N-dealkylation sites (tertiary alicyclic amines) is 2. The minimum absolute atomic E-state index is 0.00561. The fourth-order valence-electron chi connectivity index (χ4n) is 4.34. The Kier molecular flexibility index (Phi) is 3.25. The van der Waals surface area contributed by atoms with Gasteiger partial charge < -0.3 is 14.4 Å². The smallest absolute Gasteiger partial charge is 0.270 e. The summed E-state index contributed by atoms with van der Waals surface area (Å²) in [6, 6.07) is 9.94. The Morgan fingerprint density at radius 3 is 2.52 bits per heavy atom. The van der Waals surface area contributed by atoms with E-state index < -0.39 is 0 Å². The van der Waals surface area contributed by atoms with Crippen LogP contribution >= 0.6 is 0 Å². The molecule has 2 amide bonds. The van der Waals surface area contributed by atoms with Gasteiger partial charge in [-0.25, -0.2) is 0 Å². The van der Waals surface area contributed by atoms with Crippen molar-refractivity contribution in [2.24, 2.45) is 14.1 Å². The summed E-state index contributed by atoms with van der Waals surface area (Å²) in [5.41, 5.74) is 2.14. The van der Waals surface area contributed by atoms with Gasteiger partial charge in [-0.2, -0.15) is 5.10 Å². The van der Waals surface area contributed by atoms with Gasteiger partial charge >= 0.3 is 0 Å². The summed E-state index contributed by atoms with van der Waals surface area (Å²) in [6.07, 6.45) is 4.29. The average Bonchev–Trinajstić information content (AvgIpc) is 3.17. The van der Waals surface area contributed by atoms with E-state index in [1.807, 2.05) is 51.7 Å². The number of fused-ring (bicyclic) bond motifs is 1. The molecule has 2 aliphatic rings. The molecule has 2 aromatic heterocycles. The number of carbonyl (C=O) groups excluding carboxylic acids is 2. The lowest BCUT2D eigenvalue weighted by Gasteiger charge is -2.62. The van der Waals surface area contributed by atoms with Crippen molar-refractivity contribution in [2.75, 3.05) is 19.6 Å². The van der Waals surface area contributed by atoms with Crippen molar-refractivity contribution in [3.05, 3.63) is 54.0 Å². The number of carbonyl (C=O) groups is 2. The lowest BCUT2D eigenvalue weighted by Crippen LogP contribution is -2.78. The van der Waals surface area contributed by atoms with E-state index in [1.165, 1.54) is 0 Å². The summed E-state index contributed by atoms with van der Waals surface area (Å²) >= 11 is 0. The van der Waals surface area contributed by atoms with Gasteiger partial charge in [-0.1, -0.05) is 18.2 Å². The van der Waals surface area contributed by atoms with Crippen molar-refractivity contribution in [1.82, 2.24) is 24.1 Å². The van der Waals surface area contributed by atoms with E-state index in [1.54, 1.807) is 24.1 Å². The maximum atomic E-state index is 13.0. The van der Waals surface area contributed by atoms with Crippen LogP contribution in [0.1, 0.15) is 27.3 Å². The molecular formula is C20H21N5O2. The molecule has 0 unspecified atom stereocenters. The Labute approximate surface area is 156 Å². The fourth-order valence-corrected chi connectivity index (χ4v) is 4.34. The third-order valence-corrected chi connectivity index (χ3v) is 6.00. The highest BCUT2D eigenvalue weighted by molar-refractivity contribution is 6.00. The van der Waals surface area contributed by atoms with Gasteiger partial charge in [-0.3, -0.25) is 14.3 Å². The topological polar surface area (TPSA) is 63.4 Å². The third kappa shape index (κ3) is 2.24. The monoisotopic (exact) mass is 363 g/mol. The second kappa shape index (κ2) is 5.45. The first kappa shape index (κ1) is 16.1. The minimum atomic E-state index is -0.201. The van der Waals surface area contributed by atoms with Gasteiger partial charge in [-0.05, 0) is 18.6 Å². The summed E-state index contributed by atoms with van der Waals surface area (Å²) in [6.45, 7) is 1.93. The molecule has 138 valence electrons. The molecular weight excluding hydrogens is 342 g/mol. The summed E-state index contributed by atoms with van der Waals surface area (Å²) < 4.78 is 3.58. The number of hydrogen-bond acceptors (Lipinski definition) is 3. The predicted octanol–water partition coefficient (Wildman–Crippen LogP) is 1.65. The van der Waals surface area contributed by atoms with Crippen LogP contribution < -0.4 is 0 Å². The third-order valence-electron chi connectivity index (χ3n) is 6.00. The number of benzene rings is 1. The maximum absolute atomic E-state index is 13.0. The van der Waals surface area contributed by atoms with Crippen LogP contribution in [0.15, 0.2) is 42.7 Å². The Morgan fingerprint density at radius 2 is 1.89 bits per heavy atom. The number of aryl methyl sites for hydroxylation is 2. The number of aromatic nitrogens is 3. The normalized spacial score (nSPS) is 17.9. The van der Waals surface area contributed by atoms with Gasteiger partial charge in [0.1, 0.15) is 5.69 Å². The number of amides is 2. The zero-order valence-electron chi connectivity index (χ0n) is 15.4. The van der Waals surface area contributed by atoms with Crippen molar-refractivity contribution in [3.63, 3.8) is 0 Å². The molecule has 7 heteroatoms. The van der Waals surface area contributed by atoms with Crippen LogP contribution in [0.4, 0.5) is 0 Å². The Bertz CT molecular complexity index is 1070. The van der Waals surface area contributed by atoms with Gasteiger partial charge in [-0.15, -0.1) is 0 Å². The van der Waals surface area contributed by atoms with Crippen LogP contribution in [0, 0.1) is 0 Å². The van der Waals surface area contributed by atoms with Gasteiger partial charge in [0.25, 0.3) is 11.8 Å². The molecule has 2 fully saturated rings. The van der Waals surface area contributed by atoms with Crippen LogP contribution in [0.5, 0.6) is 0 Å². The quantitative estimate of drug-likeness (QED) is 0.696. The molecule has 0 saturated carbocycles. The zero-order chi connectivity index (χ0) is 18.8. The van der Waals surface area contributed by atoms with Gasteiger partial charge in [0.2, 0.25) is 0 Å². The van der Waals surface area contributed by atoms with Crippen molar-refractivity contribution in [2.45, 2.75) is 12.0 Å². The first-order valence-electron chi connectivity index (χ1n) is 9.13. The first-order valence-corrected chi connectivity index (χ1v) is 9.13. The van der Waals surface area contributed by atoms with Crippen LogP contribution in [0.25, 0.3) is 10.9 Å². The van der Waals surface area contributed by atoms with E-state index in [0.29, 0.717) is 24.3 Å². The van der Waals surface area contributed by atoms with E-state index in [2.05, 4.69) is 5.10 Å². The standard InChI is InChI=1S/C20H21N5O2/c1-22-11-15(10-21-22)18(26)25-8-7-20(25)12-24(13-20)19(27)17-9-14-5-3-4-6-16(14)23(17)2/h3-6,9-11H,7-8,12-13H2,1-2H3. The molecule has 2 aliphatic heterocycles. The van der Waals surface area contributed by atoms with E-state index in [0.717, 1.165) is 23.9 Å². The number of hydrogen-bond donors (Lipinski definition) is 0. The Hall–Kier alpha value is -3.09. The van der Waals surface area contributed by atoms with E-state index >= 15 is 0 Å². The van der Waals surface area contributed by atoms with Crippen LogP contribution in [-0.2, 0) is 14.1 Å². The highest BCUT2D eigenvalue weighted by atomic mass is 16.2. The summed E-state index contributed by atoms with van der Waals surface area (Å²) in [4.78, 5) is 29.5. The Morgan fingerprint density at radius 1 is 1.11 bits per heavy atom. The lowest BCUT2D eigenvalue weighted by molar-refractivity contribution is -0.0850. The van der Waals surface area contributed by atoms with Crippen LogP contribution in [-0.4, -0.2) is 61.1 Å². The molecule has 0 aliphatic carbocycles. The van der Waals surface area contributed by atoms with E-state index in [9.17, 15) is 9.59 Å². The number of para-hydroxylation sites is 1. The molecule has 3 aromatic rings. The number of nitrogens with zero attached hydrogens (tertiary/aromatic N) is 5. The number of rotatable bonds is 2. The maximum Gasteiger partial charge on any atom is 0.270 e. The second-order valence-corrected chi connectivity index (χ2v) is 7.64. The summed E-state index contributed by atoms with van der Waals surface area (Å²) in [7, 11) is 3.73. The fraction of sp³-hybridized carbons (Fsp3) is 0.350. The van der Waals surface area contributed by atoms with Crippen molar-refractivity contribution in [1.29, 1.82) is 0 Å². The molecule has 7 nitrogen and oxygen atoms in total. The first-order chi connectivity index (χ1) is 13.0. The highest BCUT2D eigenvalue weighted by Gasteiger charge is 2.57. The molecule has 4 heterocycles. The molecule has 0 bridgehead atoms. The minimum Gasteiger partial charge on any atom is -0.340 e. The molecule has 0 atom stereocenters. The summed E-state index contributed by atoms with van der Waals surface area (Å²) in [5.74, 6) is 0.0334. The van der Waals surface area contributed by atoms with E-state index in [4.69, 9.17) is 0 Å². The van der Waals surface area contributed by atoms with Gasteiger partial charge in [0.05, 0.1) is 17.3 Å². The molecule has 0 N–H and O–H groups in total. The van der Waals surface area contributed by atoms with Crippen LogP contribution in [0.2, 0.25) is 0 Å². The molecule has 2 saturated heterocycles. The van der Waals surface area contributed by atoms with Crippen molar-refractivity contribution >= 4 is 22.7 Å². The highest BCUT2D eigenvalue weighted by Crippen LogP contribution is 2.40. The van der Waals surface area contributed by atoms with Crippen molar-refractivity contribution in [3.8, 4) is 0 Å². The largest absolute Gasteiger partial charge is 0.340 e. The summed E-state index contributed by atoms with van der Waals surface area (Å²) in [5, 5.41) is 5.15. The zero-order valence-corrected chi connectivity index (χ0v) is 15.4.